The third kappa shape index (κ3) is 3.40. The lowest BCUT2D eigenvalue weighted by molar-refractivity contribution is -0.120. The van der Waals surface area contributed by atoms with E-state index in [0.29, 0.717) is 12.3 Å². The van der Waals surface area contributed by atoms with Gasteiger partial charge in [0.15, 0.2) is 0 Å². The summed E-state index contributed by atoms with van der Waals surface area (Å²) < 4.78 is 18.0. The number of nitrogens with one attached hydrogen (secondary N) is 1. The molecule has 0 bridgehead atoms. The van der Waals surface area contributed by atoms with E-state index in [0.717, 1.165) is 16.8 Å². The minimum Gasteiger partial charge on any atom is -0.361 e. The minimum atomic E-state index is -0.308. The summed E-state index contributed by atoms with van der Waals surface area (Å²) >= 11 is 0. The van der Waals surface area contributed by atoms with E-state index in [1.165, 1.54) is 12.1 Å². The van der Waals surface area contributed by atoms with Gasteiger partial charge in [0.25, 0.3) is 0 Å². The summed E-state index contributed by atoms with van der Waals surface area (Å²) in [7, 11) is 0. The van der Waals surface area contributed by atoms with Gasteiger partial charge in [-0.1, -0.05) is 17.3 Å². The molecule has 1 aromatic carbocycles. The summed E-state index contributed by atoms with van der Waals surface area (Å²) in [5.41, 5.74) is 2.25. The van der Waals surface area contributed by atoms with Crippen LogP contribution in [0.5, 0.6) is 0 Å². The second kappa shape index (κ2) is 5.65. The number of nitrogens with zero attached hydrogens (tertiary/aromatic N) is 1. The number of benzene rings is 1. The Morgan fingerprint density at radius 2 is 2.21 bits per heavy atom. The van der Waals surface area contributed by atoms with E-state index in [2.05, 4.69) is 10.5 Å². The van der Waals surface area contributed by atoms with Crippen molar-refractivity contribution in [3.05, 3.63) is 52.7 Å². The Hall–Kier alpha value is -2.17. The Bertz CT molecular complexity index is 573. The maximum Gasteiger partial charge on any atom is 0.224 e. The van der Waals surface area contributed by atoms with E-state index in [9.17, 15) is 9.18 Å². The second-order valence-corrected chi connectivity index (χ2v) is 4.39. The maximum absolute atomic E-state index is 13.0. The molecule has 2 aromatic rings. The highest BCUT2D eigenvalue weighted by atomic mass is 19.1. The van der Waals surface area contributed by atoms with Crippen molar-refractivity contribution in [2.45, 2.75) is 26.8 Å². The van der Waals surface area contributed by atoms with Crippen molar-refractivity contribution in [1.82, 2.24) is 10.5 Å². The average molecular weight is 262 g/mol. The van der Waals surface area contributed by atoms with Crippen molar-refractivity contribution in [1.29, 1.82) is 0 Å². The molecule has 0 aliphatic rings. The van der Waals surface area contributed by atoms with Crippen molar-refractivity contribution in [3.63, 3.8) is 0 Å². The van der Waals surface area contributed by atoms with Gasteiger partial charge in [0.1, 0.15) is 11.6 Å². The molecule has 1 amide bonds. The van der Waals surface area contributed by atoms with Crippen LogP contribution in [-0.4, -0.2) is 11.1 Å². The van der Waals surface area contributed by atoms with Gasteiger partial charge in [-0.15, -0.1) is 0 Å². The molecular weight excluding hydrogens is 247 g/mol. The number of carbonyl (C=O) groups is 1. The lowest BCUT2D eigenvalue weighted by atomic mass is 10.1. The van der Waals surface area contributed by atoms with E-state index in [-0.39, 0.29) is 18.1 Å². The quantitative estimate of drug-likeness (QED) is 0.919. The first-order valence-electron chi connectivity index (χ1n) is 5.99. The SMILES string of the molecule is Cc1noc(C)c1CC(=O)NCc1cccc(F)c1. The topological polar surface area (TPSA) is 55.1 Å². The summed E-state index contributed by atoms with van der Waals surface area (Å²) in [6, 6.07) is 6.15. The average Bonchev–Trinajstić information content (AvgIpc) is 2.68. The van der Waals surface area contributed by atoms with Crippen LogP contribution in [0.1, 0.15) is 22.6 Å². The number of carbonyl (C=O) groups excluding carboxylic acids is 1. The fraction of sp³-hybridized carbons (Fsp3) is 0.286. The fourth-order valence-corrected chi connectivity index (χ4v) is 1.82. The summed E-state index contributed by atoms with van der Waals surface area (Å²) in [6.45, 7) is 3.88. The van der Waals surface area contributed by atoms with E-state index in [1.807, 2.05) is 0 Å². The monoisotopic (exact) mass is 262 g/mol. The lowest BCUT2D eigenvalue weighted by Gasteiger charge is -2.05. The molecule has 4 nitrogen and oxygen atoms in total. The third-order valence-electron chi connectivity index (χ3n) is 2.90. The molecule has 0 unspecified atom stereocenters. The number of aryl methyl sites for hydroxylation is 2. The van der Waals surface area contributed by atoms with Gasteiger partial charge in [-0.3, -0.25) is 4.79 Å². The van der Waals surface area contributed by atoms with Crippen LogP contribution in [0.25, 0.3) is 0 Å². The number of hydrogen-bond acceptors (Lipinski definition) is 3. The molecule has 0 atom stereocenters. The largest absolute Gasteiger partial charge is 0.361 e. The molecule has 1 heterocycles. The minimum absolute atomic E-state index is 0.140. The molecule has 0 aliphatic heterocycles. The van der Waals surface area contributed by atoms with Crippen molar-refractivity contribution in [2.24, 2.45) is 0 Å². The van der Waals surface area contributed by atoms with Crippen LogP contribution < -0.4 is 5.32 Å². The van der Waals surface area contributed by atoms with Crippen LogP contribution in [-0.2, 0) is 17.8 Å². The van der Waals surface area contributed by atoms with E-state index in [4.69, 9.17) is 4.52 Å². The Morgan fingerprint density at radius 1 is 1.42 bits per heavy atom. The van der Waals surface area contributed by atoms with Crippen LogP contribution in [0, 0.1) is 19.7 Å². The van der Waals surface area contributed by atoms with E-state index in [1.54, 1.807) is 26.0 Å². The molecule has 100 valence electrons. The van der Waals surface area contributed by atoms with Crippen LogP contribution in [0.2, 0.25) is 0 Å². The molecule has 0 aliphatic carbocycles. The van der Waals surface area contributed by atoms with Gasteiger partial charge in [-0.2, -0.15) is 0 Å². The number of amides is 1. The standard InChI is InChI=1S/C14H15FN2O2/c1-9-13(10(2)19-17-9)7-14(18)16-8-11-4-3-5-12(15)6-11/h3-6H,7-8H2,1-2H3,(H,16,18). The van der Waals surface area contributed by atoms with Crippen LogP contribution in [0.15, 0.2) is 28.8 Å². The zero-order valence-electron chi connectivity index (χ0n) is 10.9. The second-order valence-electron chi connectivity index (χ2n) is 4.39. The Balaban J connectivity index is 1.92. The van der Waals surface area contributed by atoms with Gasteiger partial charge in [-0.05, 0) is 31.5 Å². The van der Waals surface area contributed by atoms with Crippen molar-refractivity contribution < 1.29 is 13.7 Å². The summed E-state index contributed by atoms with van der Waals surface area (Å²) in [4.78, 5) is 11.8. The highest BCUT2D eigenvalue weighted by molar-refractivity contribution is 5.78. The first-order chi connectivity index (χ1) is 9.06. The summed E-state index contributed by atoms with van der Waals surface area (Å²) in [5, 5.41) is 6.54. The Morgan fingerprint density at radius 3 is 2.84 bits per heavy atom. The predicted octanol–water partition coefficient (Wildman–Crippen LogP) is 2.29. The van der Waals surface area contributed by atoms with Gasteiger partial charge in [0.05, 0.1) is 12.1 Å². The van der Waals surface area contributed by atoms with Crippen LogP contribution >= 0.6 is 0 Å². The molecule has 0 fully saturated rings. The zero-order valence-corrected chi connectivity index (χ0v) is 10.9. The molecular formula is C14H15FN2O2. The van der Waals surface area contributed by atoms with Gasteiger partial charge in [-0.25, -0.2) is 4.39 Å². The number of halogens is 1. The molecule has 1 aromatic heterocycles. The van der Waals surface area contributed by atoms with Gasteiger partial charge in [0, 0.05) is 12.1 Å². The zero-order chi connectivity index (χ0) is 13.8. The molecule has 0 saturated heterocycles. The first kappa shape index (κ1) is 13.3. The fourth-order valence-electron chi connectivity index (χ4n) is 1.82. The van der Waals surface area contributed by atoms with Gasteiger partial charge >= 0.3 is 0 Å². The van der Waals surface area contributed by atoms with Crippen LogP contribution in [0.4, 0.5) is 4.39 Å². The number of aromatic nitrogens is 1. The van der Waals surface area contributed by atoms with Crippen LogP contribution in [0.3, 0.4) is 0 Å². The molecule has 0 spiro atoms. The molecule has 2 rings (SSSR count). The predicted molar refractivity (Wildman–Crippen MR) is 67.9 cm³/mol. The molecule has 1 N–H and O–H groups in total. The van der Waals surface area contributed by atoms with Crippen molar-refractivity contribution >= 4 is 5.91 Å². The maximum atomic E-state index is 13.0. The molecule has 0 saturated carbocycles. The summed E-state index contributed by atoms with van der Waals surface area (Å²) in [6.07, 6.45) is 0.219. The van der Waals surface area contributed by atoms with Gasteiger partial charge < -0.3 is 9.84 Å². The Labute approximate surface area is 110 Å². The number of rotatable bonds is 4. The highest BCUT2D eigenvalue weighted by Crippen LogP contribution is 2.12. The summed E-state index contributed by atoms with van der Waals surface area (Å²) in [5.74, 6) is 0.203. The Kier molecular flexibility index (Phi) is 3.94. The van der Waals surface area contributed by atoms with Crippen molar-refractivity contribution in [3.8, 4) is 0 Å². The smallest absolute Gasteiger partial charge is 0.224 e. The first-order valence-corrected chi connectivity index (χ1v) is 5.99. The van der Waals surface area contributed by atoms with Crippen molar-refractivity contribution in [2.75, 3.05) is 0 Å². The van der Waals surface area contributed by atoms with Gasteiger partial charge in [0.2, 0.25) is 5.91 Å². The molecule has 5 heteroatoms. The molecule has 0 radical (unpaired) electrons. The highest BCUT2D eigenvalue weighted by Gasteiger charge is 2.13. The lowest BCUT2D eigenvalue weighted by Crippen LogP contribution is -2.25. The normalized spacial score (nSPS) is 10.5. The number of hydrogen-bond donors (Lipinski definition) is 1. The van der Waals surface area contributed by atoms with E-state index < -0.39 is 0 Å². The molecule has 19 heavy (non-hydrogen) atoms. The van der Waals surface area contributed by atoms with E-state index >= 15 is 0 Å². The third-order valence-corrected chi connectivity index (χ3v) is 2.90.